The van der Waals surface area contributed by atoms with Crippen LogP contribution in [-0.2, 0) is 27.4 Å². The molecule has 1 aromatic heterocycles. The van der Waals surface area contributed by atoms with Gasteiger partial charge in [-0.2, -0.15) is 0 Å². The highest BCUT2D eigenvalue weighted by Gasteiger charge is 2.31. The van der Waals surface area contributed by atoms with E-state index in [1.807, 2.05) is 63.2 Å². The second-order valence-corrected chi connectivity index (χ2v) is 6.59. The average Bonchev–Trinajstić information content (AvgIpc) is 3.59. The molecule has 164 valence electrons. The summed E-state index contributed by atoms with van der Waals surface area (Å²) >= 11 is 0. The Balaban J connectivity index is 0.00000146. The van der Waals surface area contributed by atoms with E-state index >= 15 is 0 Å². The van der Waals surface area contributed by atoms with E-state index < -0.39 is 5.97 Å². The predicted molar refractivity (Wildman–Crippen MR) is 119 cm³/mol. The lowest BCUT2D eigenvalue weighted by Gasteiger charge is -2.15. The van der Waals surface area contributed by atoms with Gasteiger partial charge in [0.2, 0.25) is 5.90 Å². The van der Waals surface area contributed by atoms with Gasteiger partial charge >= 0.3 is 5.97 Å². The van der Waals surface area contributed by atoms with E-state index in [0.29, 0.717) is 5.90 Å². The van der Waals surface area contributed by atoms with Gasteiger partial charge in [0.1, 0.15) is 6.61 Å². The van der Waals surface area contributed by atoms with E-state index in [9.17, 15) is 4.79 Å². The van der Waals surface area contributed by atoms with Crippen LogP contribution in [0.15, 0.2) is 53.8 Å². The summed E-state index contributed by atoms with van der Waals surface area (Å²) in [6.07, 6.45) is 4.30. The third-order valence-corrected chi connectivity index (χ3v) is 4.42. The number of hydrogen-bond acceptors (Lipinski definition) is 5. The third kappa shape index (κ3) is 7.85. The number of nitrogens with zero attached hydrogens (tertiary/aromatic N) is 2. The first-order valence-corrected chi connectivity index (χ1v) is 10.2. The second kappa shape index (κ2) is 13.4. The molecule has 1 saturated carbocycles. The minimum atomic E-state index is -0.858. The number of benzene rings is 1. The van der Waals surface area contributed by atoms with Crippen molar-refractivity contribution in [2.75, 3.05) is 0 Å². The normalized spacial score (nSPS) is 13.9. The Kier molecular flexibility index (Phi) is 11.2. The molecule has 3 rings (SSSR count). The van der Waals surface area contributed by atoms with Gasteiger partial charge in [0, 0.05) is 12.1 Å². The first-order valence-electron chi connectivity index (χ1n) is 10.2. The lowest BCUT2D eigenvalue weighted by Crippen LogP contribution is -2.12. The number of carboxylic acid groups (broad SMARTS) is 1. The summed E-state index contributed by atoms with van der Waals surface area (Å²) in [4.78, 5) is 21.1. The number of pyridine rings is 1. The monoisotopic (exact) mass is 414 g/mol. The van der Waals surface area contributed by atoms with Gasteiger partial charge in [-0.25, -0.2) is 0 Å². The van der Waals surface area contributed by atoms with E-state index in [-0.39, 0.29) is 32.5 Å². The molecule has 1 aliphatic rings. The predicted octanol–water partition coefficient (Wildman–Crippen LogP) is 5.78. The van der Waals surface area contributed by atoms with Gasteiger partial charge in [-0.05, 0) is 42.5 Å². The van der Waals surface area contributed by atoms with Crippen molar-refractivity contribution in [2.45, 2.75) is 66.6 Å². The standard InChI is InChI=1S/C21H24N2O4.C2H6.CH4/c1-2-19(18-9-5-6-12-22-18)27-23-21(15-10-11-15)26-14-17-8-4-3-7-16(17)13-20(24)25;1-2;/h3-9,12,15,19H,2,10-11,13-14H2,1H3,(H,24,25);1-2H3;1H4/b23-21+;;. The molecule has 0 bridgehead atoms. The Bertz CT molecular complexity index is 789. The molecule has 1 aromatic carbocycles. The number of oxime groups is 1. The number of hydrogen-bond donors (Lipinski definition) is 1. The first-order chi connectivity index (χ1) is 14.2. The maximum Gasteiger partial charge on any atom is 0.307 e. The molecule has 1 unspecified atom stereocenters. The number of aliphatic carboxylic acids is 1. The van der Waals surface area contributed by atoms with Crippen molar-refractivity contribution in [1.29, 1.82) is 0 Å². The van der Waals surface area contributed by atoms with Gasteiger partial charge in [-0.1, -0.05) is 63.7 Å². The van der Waals surface area contributed by atoms with Crippen LogP contribution in [0.1, 0.15) is 70.4 Å². The maximum absolute atomic E-state index is 11.0. The Morgan fingerprint density at radius 3 is 2.40 bits per heavy atom. The third-order valence-electron chi connectivity index (χ3n) is 4.42. The fraction of sp³-hybridized carbons (Fsp3) is 0.458. The Labute approximate surface area is 179 Å². The van der Waals surface area contributed by atoms with Crippen LogP contribution in [0.3, 0.4) is 0 Å². The fourth-order valence-corrected chi connectivity index (χ4v) is 2.75. The zero-order valence-electron chi connectivity index (χ0n) is 17.4. The Morgan fingerprint density at radius 1 is 1.17 bits per heavy atom. The van der Waals surface area contributed by atoms with E-state index in [2.05, 4.69) is 10.1 Å². The number of ether oxygens (including phenoxy) is 1. The van der Waals surface area contributed by atoms with Crippen LogP contribution in [-0.4, -0.2) is 22.0 Å². The average molecular weight is 415 g/mol. The highest BCUT2D eigenvalue weighted by molar-refractivity contribution is 5.80. The molecule has 1 fully saturated rings. The van der Waals surface area contributed by atoms with Gasteiger partial charge < -0.3 is 14.7 Å². The fourth-order valence-electron chi connectivity index (χ4n) is 2.75. The van der Waals surface area contributed by atoms with Crippen molar-refractivity contribution < 1.29 is 19.5 Å². The van der Waals surface area contributed by atoms with Crippen molar-refractivity contribution in [1.82, 2.24) is 4.98 Å². The van der Waals surface area contributed by atoms with Crippen molar-refractivity contribution in [3.05, 3.63) is 65.5 Å². The van der Waals surface area contributed by atoms with E-state index in [0.717, 1.165) is 36.1 Å². The van der Waals surface area contributed by atoms with Crippen molar-refractivity contribution >= 4 is 11.9 Å². The highest BCUT2D eigenvalue weighted by Crippen LogP contribution is 2.32. The first kappa shape index (κ1) is 25.1. The largest absolute Gasteiger partial charge is 0.481 e. The quantitative estimate of drug-likeness (QED) is 0.320. The van der Waals surface area contributed by atoms with Crippen LogP contribution in [0.2, 0.25) is 0 Å². The van der Waals surface area contributed by atoms with Gasteiger partial charge in [-0.15, -0.1) is 0 Å². The molecule has 0 amide bonds. The number of aromatic nitrogens is 1. The van der Waals surface area contributed by atoms with Crippen molar-refractivity contribution in [3.63, 3.8) is 0 Å². The number of rotatable bonds is 9. The molecule has 0 spiro atoms. The molecule has 6 heteroatoms. The summed E-state index contributed by atoms with van der Waals surface area (Å²) in [6.45, 7) is 6.30. The molecule has 0 radical (unpaired) electrons. The molecule has 1 heterocycles. The summed E-state index contributed by atoms with van der Waals surface area (Å²) in [7, 11) is 0. The van der Waals surface area contributed by atoms with Crippen LogP contribution >= 0.6 is 0 Å². The molecule has 1 N–H and O–H groups in total. The molecular formula is C24H34N2O4. The van der Waals surface area contributed by atoms with E-state index in [1.54, 1.807) is 6.20 Å². The van der Waals surface area contributed by atoms with Crippen molar-refractivity contribution in [2.24, 2.45) is 11.1 Å². The summed E-state index contributed by atoms with van der Waals surface area (Å²) in [5.74, 6) is -0.00426. The van der Waals surface area contributed by atoms with E-state index in [4.69, 9.17) is 14.7 Å². The van der Waals surface area contributed by atoms with Crippen LogP contribution in [0.25, 0.3) is 0 Å². The molecule has 2 aromatic rings. The summed E-state index contributed by atoms with van der Waals surface area (Å²) in [5, 5.41) is 13.3. The SMILES string of the molecule is C.CC.CCC(O/N=C(/OCc1ccccc1CC(=O)O)C1CC1)c1ccccn1. The van der Waals surface area contributed by atoms with Gasteiger partial charge in [0.05, 0.1) is 12.1 Å². The topological polar surface area (TPSA) is 81.0 Å². The number of carbonyl (C=O) groups is 1. The van der Waals surface area contributed by atoms with Crippen LogP contribution < -0.4 is 0 Å². The smallest absolute Gasteiger partial charge is 0.307 e. The molecule has 0 aliphatic heterocycles. The zero-order valence-corrected chi connectivity index (χ0v) is 17.4. The Hall–Kier alpha value is -2.89. The Morgan fingerprint density at radius 2 is 1.83 bits per heavy atom. The van der Waals surface area contributed by atoms with Crippen molar-refractivity contribution in [3.8, 4) is 0 Å². The molecule has 0 saturated heterocycles. The molecule has 1 aliphatic carbocycles. The molecule has 30 heavy (non-hydrogen) atoms. The highest BCUT2D eigenvalue weighted by atomic mass is 16.7. The van der Waals surface area contributed by atoms with Gasteiger partial charge in [-0.3, -0.25) is 9.78 Å². The minimum absolute atomic E-state index is 0. The minimum Gasteiger partial charge on any atom is -0.481 e. The lowest BCUT2D eigenvalue weighted by molar-refractivity contribution is -0.136. The van der Waals surface area contributed by atoms with Crippen LogP contribution in [0.5, 0.6) is 0 Å². The number of carboxylic acids is 1. The van der Waals surface area contributed by atoms with Gasteiger partial charge in [0.15, 0.2) is 6.10 Å². The molecule has 1 atom stereocenters. The van der Waals surface area contributed by atoms with E-state index in [1.165, 1.54) is 0 Å². The summed E-state index contributed by atoms with van der Waals surface area (Å²) < 4.78 is 5.92. The lowest BCUT2D eigenvalue weighted by atomic mass is 10.1. The van der Waals surface area contributed by atoms with Crippen LogP contribution in [0.4, 0.5) is 0 Å². The van der Waals surface area contributed by atoms with Gasteiger partial charge in [0.25, 0.3) is 0 Å². The molecule has 6 nitrogen and oxygen atoms in total. The second-order valence-electron chi connectivity index (χ2n) is 6.59. The summed E-state index contributed by atoms with van der Waals surface area (Å²) in [5.41, 5.74) is 2.44. The zero-order chi connectivity index (χ0) is 21.1. The van der Waals surface area contributed by atoms with Crippen LogP contribution in [0, 0.1) is 5.92 Å². The maximum atomic E-state index is 11.0. The summed E-state index contributed by atoms with van der Waals surface area (Å²) in [6, 6.07) is 13.1. The molecular weight excluding hydrogens is 380 g/mol.